The van der Waals surface area contributed by atoms with Crippen molar-refractivity contribution in [3.63, 3.8) is 0 Å². The Kier molecular flexibility index (Phi) is 3.11. The van der Waals surface area contributed by atoms with Gasteiger partial charge in [-0.05, 0) is 38.0 Å². The largest absolute Gasteiger partial charge is 0.457 e. The van der Waals surface area contributed by atoms with Gasteiger partial charge >= 0.3 is 5.97 Å². The highest BCUT2D eigenvalue weighted by molar-refractivity contribution is 6.05. The molecule has 23 heavy (non-hydrogen) atoms. The molecule has 1 aliphatic heterocycles. The number of anilines is 1. The van der Waals surface area contributed by atoms with E-state index in [-0.39, 0.29) is 12.5 Å². The van der Waals surface area contributed by atoms with Gasteiger partial charge in [0.25, 0.3) is 5.91 Å². The number of esters is 1. The SMILES string of the molecule is Cc1cc(C2CC2)nc(NC(=O)c2ccc3c(c2)C(=O)OC3)n1. The summed E-state index contributed by atoms with van der Waals surface area (Å²) in [6.07, 6.45) is 2.27. The molecule has 116 valence electrons. The molecule has 1 aromatic carbocycles. The summed E-state index contributed by atoms with van der Waals surface area (Å²) in [5, 5.41) is 2.71. The van der Waals surface area contributed by atoms with Crippen LogP contribution in [0.15, 0.2) is 24.3 Å². The van der Waals surface area contributed by atoms with E-state index in [0.29, 0.717) is 23.0 Å². The first-order valence-electron chi connectivity index (χ1n) is 7.57. The fourth-order valence-electron chi connectivity index (χ4n) is 2.67. The van der Waals surface area contributed by atoms with Gasteiger partial charge in [0.1, 0.15) is 6.61 Å². The van der Waals surface area contributed by atoms with Gasteiger partial charge in [0.05, 0.1) is 5.56 Å². The molecule has 0 atom stereocenters. The fraction of sp³-hybridized carbons (Fsp3) is 0.294. The summed E-state index contributed by atoms with van der Waals surface area (Å²) in [6, 6.07) is 6.92. The summed E-state index contributed by atoms with van der Waals surface area (Å²) < 4.78 is 4.95. The molecule has 1 aromatic heterocycles. The molecule has 2 aliphatic rings. The summed E-state index contributed by atoms with van der Waals surface area (Å²) in [5.41, 5.74) is 3.44. The van der Waals surface area contributed by atoms with Crippen molar-refractivity contribution >= 4 is 17.8 Å². The highest BCUT2D eigenvalue weighted by Gasteiger charge is 2.26. The van der Waals surface area contributed by atoms with Gasteiger partial charge in [-0.15, -0.1) is 0 Å². The Morgan fingerprint density at radius 3 is 2.87 bits per heavy atom. The van der Waals surface area contributed by atoms with Crippen LogP contribution in [0.2, 0.25) is 0 Å². The number of cyclic esters (lactones) is 1. The van der Waals surface area contributed by atoms with Crippen LogP contribution in [-0.2, 0) is 11.3 Å². The number of amides is 1. The zero-order valence-corrected chi connectivity index (χ0v) is 12.6. The number of rotatable bonds is 3. The van der Waals surface area contributed by atoms with Gasteiger partial charge in [0.15, 0.2) is 0 Å². The first kappa shape index (κ1) is 13.9. The Bertz CT molecular complexity index is 828. The van der Waals surface area contributed by atoms with Crippen LogP contribution in [0.5, 0.6) is 0 Å². The zero-order chi connectivity index (χ0) is 16.0. The highest BCUT2D eigenvalue weighted by atomic mass is 16.5. The number of carbonyl (C=O) groups excluding carboxylic acids is 2. The molecule has 0 bridgehead atoms. The molecule has 2 aromatic rings. The minimum atomic E-state index is -0.391. The summed E-state index contributed by atoms with van der Waals surface area (Å²) in [6.45, 7) is 2.15. The van der Waals surface area contributed by atoms with Crippen LogP contribution in [-0.4, -0.2) is 21.8 Å². The van der Waals surface area contributed by atoms with Gasteiger partial charge in [-0.1, -0.05) is 6.07 Å². The highest BCUT2D eigenvalue weighted by Crippen LogP contribution is 2.39. The van der Waals surface area contributed by atoms with E-state index in [1.54, 1.807) is 18.2 Å². The maximum atomic E-state index is 12.4. The van der Waals surface area contributed by atoms with Crippen molar-refractivity contribution in [1.82, 2.24) is 9.97 Å². The third-order valence-electron chi connectivity index (χ3n) is 4.05. The van der Waals surface area contributed by atoms with Crippen molar-refractivity contribution in [3.8, 4) is 0 Å². The van der Waals surface area contributed by atoms with Gasteiger partial charge in [-0.2, -0.15) is 0 Å². The van der Waals surface area contributed by atoms with Gasteiger partial charge < -0.3 is 4.74 Å². The molecule has 6 heteroatoms. The molecule has 0 radical (unpaired) electrons. The van der Waals surface area contributed by atoms with Crippen LogP contribution < -0.4 is 5.32 Å². The third kappa shape index (κ3) is 2.67. The molecule has 4 rings (SSSR count). The van der Waals surface area contributed by atoms with E-state index in [4.69, 9.17) is 4.74 Å². The summed E-state index contributed by atoms with van der Waals surface area (Å²) in [5.74, 6) is 0.0689. The number of hydrogen-bond acceptors (Lipinski definition) is 5. The number of hydrogen-bond donors (Lipinski definition) is 1. The topological polar surface area (TPSA) is 81.2 Å². The lowest BCUT2D eigenvalue weighted by atomic mass is 10.1. The van der Waals surface area contributed by atoms with Crippen LogP contribution >= 0.6 is 0 Å². The summed E-state index contributed by atoms with van der Waals surface area (Å²) in [4.78, 5) is 32.7. The summed E-state index contributed by atoms with van der Waals surface area (Å²) in [7, 11) is 0. The molecule has 6 nitrogen and oxygen atoms in total. The molecule has 1 aliphatic carbocycles. The Labute approximate surface area is 132 Å². The molecule has 1 fully saturated rings. The normalized spacial score (nSPS) is 16.0. The minimum Gasteiger partial charge on any atom is -0.457 e. The monoisotopic (exact) mass is 309 g/mol. The first-order chi connectivity index (χ1) is 11.1. The van der Waals surface area contributed by atoms with Gasteiger partial charge in [-0.3, -0.25) is 10.1 Å². The Hall–Kier alpha value is -2.76. The van der Waals surface area contributed by atoms with Gasteiger partial charge in [0.2, 0.25) is 5.95 Å². The molecular weight excluding hydrogens is 294 g/mol. The number of nitrogens with zero attached hydrogens (tertiary/aromatic N) is 2. The quantitative estimate of drug-likeness (QED) is 0.881. The van der Waals surface area contributed by atoms with Crippen LogP contribution in [0, 0.1) is 6.92 Å². The molecule has 2 heterocycles. The molecule has 0 saturated heterocycles. The Morgan fingerprint density at radius 1 is 1.26 bits per heavy atom. The van der Waals surface area contributed by atoms with Crippen molar-refractivity contribution in [2.24, 2.45) is 0 Å². The lowest BCUT2D eigenvalue weighted by Gasteiger charge is -2.07. The maximum Gasteiger partial charge on any atom is 0.338 e. The third-order valence-corrected chi connectivity index (χ3v) is 4.05. The average molecular weight is 309 g/mol. The standard InChI is InChI=1S/C17H15N3O3/c1-9-6-14(10-2-3-10)19-17(18-9)20-15(21)11-4-5-12-8-23-16(22)13(12)7-11/h4-7,10H,2-3,8H2,1H3,(H,18,19,20,21). The Morgan fingerprint density at radius 2 is 2.09 bits per heavy atom. The van der Waals surface area contributed by atoms with Crippen molar-refractivity contribution in [1.29, 1.82) is 0 Å². The van der Waals surface area contributed by atoms with Gasteiger partial charge in [0, 0.05) is 28.4 Å². The van der Waals surface area contributed by atoms with Crippen molar-refractivity contribution in [2.45, 2.75) is 32.3 Å². The predicted molar refractivity (Wildman–Crippen MR) is 82.3 cm³/mol. The van der Waals surface area contributed by atoms with E-state index < -0.39 is 5.97 Å². The van der Waals surface area contributed by atoms with E-state index in [9.17, 15) is 9.59 Å². The van der Waals surface area contributed by atoms with Gasteiger partial charge in [-0.25, -0.2) is 14.8 Å². The van der Waals surface area contributed by atoms with E-state index in [1.165, 1.54) is 0 Å². The number of benzene rings is 1. The van der Waals surface area contributed by atoms with Crippen LogP contribution in [0.3, 0.4) is 0 Å². The summed E-state index contributed by atoms with van der Waals surface area (Å²) >= 11 is 0. The van der Waals surface area contributed by atoms with Crippen molar-refractivity contribution < 1.29 is 14.3 Å². The number of aromatic nitrogens is 2. The lowest BCUT2D eigenvalue weighted by Crippen LogP contribution is -2.15. The predicted octanol–water partition coefficient (Wildman–Crippen LogP) is 2.59. The molecule has 1 N–H and O–H groups in total. The zero-order valence-electron chi connectivity index (χ0n) is 12.6. The molecular formula is C17H15N3O3. The van der Waals surface area contributed by atoms with E-state index in [1.807, 2.05) is 13.0 Å². The lowest BCUT2D eigenvalue weighted by molar-refractivity contribution is 0.0535. The number of ether oxygens (including phenoxy) is 1. The maximum absolute atomic E-state index is 12.4. The van der Waals surface area contributed by atoms with E-state index in [2.05, 4.69) is 15.3 Å². The molecule has 1 amide bonds. The number of carbonyl (C=O) groups is 2. The number of nitrogens with one attached hydrogen (secondary N) is 1. The second kappa shape index (κ2) is 5.15. The average Bonchev–Trinajstić information content (AvgIpc) is 3.31. The first-order valence-corrected chi connectivity index (χ1v) is 7.57. The second-order valence-electron chi connectivity index (χ2n) is 5.93. The van der Waals surface area contributed by atoms with E-state index >= 15 is 0 Å². The fourth-order valence-corrected chi connectivity index (χ4v) is 2.67. The molecule has 0 spiro atoms. The number of aryl methyl sites for hydroxylation is 1. The molecule has 1 saturated carbocycles. The number of fused-ring (bicyclic) bond motifs is 1. The Balaban J connectivity index is 1.58. The van der Waals surface area contributed by atoms with Crippen LogP contribution in [0.4, 0.5) is 5.95 Å². The van der Waals surface area contributed by atoms with Crippen molar-refractivity contribution in [2.75, 3.05) is 5.32 Å². The smallest absolute Gasteiger partial charge is 0.338 e. The van der Waals surface area contributed by atoms with E-state index in [0.717, 1.165) is 29.8 Å². The second-order valence-corrected chi connectivity index (χ2v) is 5.93. The van der Waals surface area contributed by atoms with Crippen LogP contribution in [0.1, 0.15) is 56.4 Å². The minimum absolute atomic E-state index is 0.266. The van der Waals surface area contributed by atoms with Crippen molar-refractivity contribution in [3.05, 3.63) is 52.3 Å². The van der Waals surface area contributed by atoms with Crippen LogP contribution in [0.25, 0.3) is 0 Å². The molecule has 0 unspecified atom stereocenters.